The lowest BCUT2D eigenvalue weighted by Gasteiger charge is -2.20. The van der Waals surface area contributed by atoms with Crippen molar-refractivity contribution in [1.82, 2.24) is 5.32 Å². The molecule has 0 fully saturated rings. The first-order chi connectivity index (χ1) is 10.5. The fourth-order valence-electron chi connectivity index (χ4n) is 1.95. The van der Waals surface area contributed by atoms with Crippen molar-refractivity contribution in [3.63, 3.8) is 0 Å². The summed E-state index contributed by atoms with van der Waals surface area (Å²) in [5.74, 6) is -0.386. The third-order valence-corrected chi connectivity index (χ3v) is 2.97. The average Bonchev–Trinajstić information content (AvgIpc) is 2.51. The number of methoxy groups -OCH3 is 2. The van der Waals surface area contributed by atoms with Crippen LogP contribution < -0.4 is 14.8 Å². The van der Waals surface area contributed by atoms with Crippen molar-refractivity contribution in [3.8, 4) is 11.5 Å². The van der Waals surface area contributed by atoms with Crippen LogP contribution in [0, 0.1) is 0 Å². The van der Waals surface area contributed by atoms with Crippen molar-refractivity contribution in [1.29, 1.82) is 0 Å². The van der Waals surface area contributed by atoms with Gasteiger partial charge in [-0.05, 0) is 19.1 Å². The van der Waals surface area contributed by atoms with Gasteiger partial charge in [-0.2, -0.15) is 0 Å². The van der Waals surface area contributed by atoms with Gasteiger partial charge < -0.3 is 24.6 Å². The molecular weight excluding hydrogens is 290 g/mol. The first-order valence-corrected chi connectivity index (χ1v) is 6.82. The van der Waals surface area contributed by atoms with Crippen LogP contribution in [0.3, 0.4) is 0 Å². The Labute approximate surface area is 129 Å². The normalized spacial score (nSPS) is 11.6. The highest BCUT2D eigenvalue weighted by molar-refractivity contribution is 5.79. The topological polar surface area (TPSA) is 94.1 Å². The van der Waals surface area contributed by atoms with Gasteiger partial charge in [0.1, 0.15) is 18.1 Å². The van der Waals surface area contributed by atoms with E-state index in [0.29, 0.717) is 23.7 Å². The van der Waals surface area contributed by atoms with E-state index in [1.807, 2.05) is 0 Å². The number of carbonyl (C=O) groups excluding carboxylic acids is 1. The van der Waals surface area contributed by atoms with Crippen LogP contribution in [0.5, 0.6) is 11.5 Å². The monoisotopic (exact) mass is 311 g/mol. The Morgan fingerprint density at radius 2 is 2.00 bits per heavy atom. The Balaban J connectivity index is 3.00. The van der Waals surface area contributed by atoms with Crippen molar-refractivity contribution < 1.29 is 28.9 Å². The van der Waals surface area contributed by atoms with Crippen molar-refractivity contribution in [2.24, 2.45) is 0 Å². The number of ether oxygens (including phenoxy) is 3. The van der Waals surface area contributed by atoms with Gasteiger partial charge in [-0.25, -0.2) is 0 Å². The maximum absolute atomic E-state index is 11.8. The molecule has 2 N–H and O–H groups in total. The molecule has 1 unspecified atom stereocenters. The Hall–Kier alpha value is -2.28. The Morgan fingerprint density at radius 3 is 2.55 bits per heavy atom. The summed E-state index contributed by atoms with van der Waals surface area (Å²) in [6.45, 7) is 2.06. The van der Waals surface area contributed by atoms with E-state index >= 15 is 0 Å². The standard InChI is InChI=1S/C15H21NO6/c1-4-22-9-14(17)16-12(8-15(18)19)11-6-5-10(20-2)7-13(11)21-3/h5-7,12H,4,8-9H2,1-3H3,(H,16,17)(H,18,19). The highest BCUT2D eigenvalue weighted by Gasteiger charge is 2.22. The molecule has 0 aliphatic carbocycles. The van der Waals surface area contributed by atoms with Crippen LogP contribution in [0.1, 0.15) is 24.9 Å². The molecule has 1 atom stereocenters. The van der Waals surface area contributed by atoms with E-state index in [-0.39, 0.29) is 18.9 Å². The first-order valence-electron chi connectivity index (χ1n) is 6.82. The highest BCUT2D eigenvalue weighted by Crippen LogP contribution is 2.31. The number of nitrogens with one attached hydrogen (secondary N) is 1. The number of aliphatic carboxylic acids is 1. The highest BCUT2D eigenvalue weighted by atomic mass is 16.5. The van der Waals surface area contributed by atoms with Gasteiger partial charge in [-0.3, -0.25) is 9.59 Å². The summed E-state index contributed by atoms with van der Waals surface area (Å²) in [4.78, 5) is 22.8. The molecule has 7 heteroatoms. The molecular formula is C15H21NO6. The molecule has 0 spiro atoms. The number of carboxylic acids is 1. The van der Waals surface area contributed by atoms with E-state index in [0.717, 1.165) is 0 Å². The number of hydrogen-bond donors (Lipinski definition) is 2. The minimum atomic E-state index is -1.03. The number of carboxylic acid groups (broad SMARTS) is 1. The van der Waals surface area contributed by atoms with E-state index in [9.17, 15) is 9.59 Å². The van der Waals surface area contributed by atoms with E-state index < -0.39 is 12.0 Å². The van der Waals surface area contributed by atoms with E-state index in [2.05, 4.69) is 5.32 Å². The maximum Gasteiger partial charge on any atom is 0.305 e. The average molecular weight is 311 g/mol. The molecule has 0 saturated carbocycles. The largest absolute Gasteiger partial charge is 0.497 e. The van der Waals surface area contributed by atoms with Gasteiger partial charge in [-0.15, -0.1) is 0 Å². The molecule has 0 bridgehead atoms. The summed E-state index contributed by atoms with van der Waals surface area (Å²) in [6.07, 6.45) is -0.263. The predicted molar refractivity (Wildman–Crippen MR) is 79.2 cm³/mol. The Kier molecular flexibility index (Phi) is 7.18. The van der Waals surface area contributed by atoms with Crippen LogP contribution in [0.15, 0.2) is 18.2 Å². The molecule has 7 nitrogen and oxygen atoms in total. The predicted octanol–water partition coefficient (Wildman–Crippen LogP) is 1.37. The zero-order valence-electron chi connectivity index (χ0n) is 12.9. The third kappa shape index (κ3) is 5.25. The molecule has 1 rings (SSSR count). The molecule has 0 aliphatic rings. The molecule has 122 valence electrons. The lowest BCUT2D eigenvalue weighted by molar-refractivity contribution is -0.138. The molecule has 0 aliphatic heterocycles. The van der Waals surface area contributed by atoms with E-state index in [4.69, 9.17) is 19.3 Å². The summed E-state index contributed by atoms with van der Waals surface area (Å²) >= 11 is 0. The molecule has 1 amide bonds. The second-order valence-corrected chi connectivity index (χ2v) is 4.46. The van der Waals surface area contributed by atoms with Crippen molar-refractivity contribution >= 4 is 11.9 Å². The molecule has 0 aromatic heterocycles. The summed E-state index contributed by atoms with van der Waals surface area (Å²) < 4.78 is 15.4. The van der Waals surface area contributed by atoms with Crippen molar-refractivity contribution in [2.45, 2.75) is 19.4 Å². The Morgan fingerprint density at radius 1 is 1.27 bits per heavy atom. The number of amides is 1. The molecule has 1 aromatic rings. The van der Waals surface area contributed by atoms with Gasteiger partial charge >= 0.3 is 5.97 Å². The lowest BCUT2D eigenvalue weighted by atomic mass is 10.0. The van der Waals surface area contributed by atoms with Crippen LogP contribution in [0.4, 0.5) is 0 Å². The zero-order valence-corrected chi connectivity index (χ0v) is 12.9. The van der Waals surface area contributed by atoms with Crippen LogP contribution >= 0.6 is 0 Å². The smallest absolute Gasteiger partial charge is 0.305 e. The van der Waals surface area contributed by atoms with Crippen molar-refractivity contribution in [2.75, 3.05) is 27.4 Å². The van der Waals surface area contributed by atoms with E-state index in [1.165, 1.54) is 14.2 Å². The first kappa shape index (κ1) is 17.8. The van der Waals surface area contributed by atoms with E-state index in [1.54, 1.807) is 25.1 Å². The number of carbonyl (C=O) groups is 2. The minimum absolute atomic E-state index is 0.120. The fourth-order valence-corrected chi connectivity index (χ4v) is 1.95. The SMILES string of the molecule is CCOCC(=O)NC(CC(=O)O)c1ccc(OC)cc1OC. The lowest BCUT2D eigenvalue weighted by Crippen LogP contribution is -2.33. The minimum Gasteiger partial charge on any atom is -0.497 e. The molecule has 0 saturated heterocycles. The second kappa shape index (κ2) is 8.89. The molecule has 22 heavy (non-hydrogen) atoms. The second-order valence-electron chi connectivity index (χ2n) is 4.46. The van der Waals surface area contributed by atoms with Crippen LogP contribution in [-0.4, -0.2) is 44.4 Å². The fraction of sp³-hybridized carbons (Fsp3) is 0.467. The molecule has 1 aromatic carbocycles. The summed E-state index contributed by atoms with van der Waals surface area (Å²) in [7, 11) is 2.99. The maximum atomic E-state index is 11.8. The number of rotatable bonds is 9. The van der Waals surface area contributed by atoms with Gasteiger partial charge in [0.05, 0.1) is 26.7 Å². The quantitative estimate of drug-likeness (QED) is 0.715. The summed E-state index contributed by atoms with van der Waals surface area (Å²) in [6, 6.07) is 4.28. The number of benzene rings is 1. The third-order valence-electron chi connectivity index (χ3n) is 2.97. The van der Waals surface area contributed by atoms with Gasteiger partial charge in [0, 0.05) is 18.2 Å². The van der Waals surface area contributed by atoms with Gasteiger partial charge in [-0.1, -0.05) is 0 Å². The van der Waals surface area contributed by atoms with Crippen LogP contribution in [0.25, 0.3) is 0 Å². The summed E-state index contributed by atoms with van der Waals surface area (Å²) in [5, 5.41) is 11.7. The van der Waals surface area contributed by atoms with Crippen LogP contribution in [0.2, 0.25) is 0 Å². The summed E-state index contributed by atoms with van der Waals surface area (Å²) in [5.41, 5.74) is 0.565. The van der Waals surface area contributed by atoms with Crippen LogP contribution in [-0.2, 0) is 14.3 Å². The molecule has 0 radical (unpaired) electrons. The van der Waals surface area contributed by atoms with Gasteiger partial charge in [0.25, 0.3) is 0 Å². The Bertz CT molecular complexity index is 517. The van der Waals surface area contributed by atoms with Gasteiger partial charge in [0.2, 0.25) is 5.91 Å². The van der Waals surface area contributed by atoms with Gasteiger partial charge in [0.15, 0.2) is 0 Å². The number of hydrogen-bond acceptors (Lipinski definition) is 5. The van der Waals surface area contributed by atoms with Crippen molar-refractivity contribution in [3.05, 3.63) is 23.8 Å². The molecule has 0 heterocycles. The zero-order chi connectivity index (χ0) is 16.5.